The number of fused-ring (bicyclic) bond motifs is 6. The molecule has 4 aromatic heterocycles. The Labute approximate surface area is 531 Å². The van der Waals surface area contributed by atoms with E-state index in [1.165, 1.54) is 12.3 Å². The van der Waals surface area contributed by atoms with Crippen LogP contribution in [0.2, 0.25) is 5.02 Å². The molecule has 3 unspecified atom stereocenters. The van der Waals surface area contributed by atoms with Gasteiger partial charge in [-0.15, -0.1) is 0 Å². The Morgan fingerprint density at radius 2 is 1.28 bits per heavy atom. The van der Waals surface area contributed by atoms with E-state index < -0.39 is 46.7 Å². The van der Waals surface area contributed by atoms with Crippen molar-refractivity contribution in [3.8, 4) is 34.5 Å². The predicted molar refractivity (Wildman–Crippen MR) is 339 cm³/mol. The van der Waals surface area contributed by atoms with E-state index in [4.69, 9.17) is 41.0 Å². The number of carbonyl (C=O) groups excluding carboxylic acids is 2. The van der Waals surface area contributed by atoms with E-state index >= 15 is 13.2 Å². The predicted octanol–water partition coefficient (Wildman–Crippen LogP) is 12.2. The normalized spacial score (nSPS) is 24.7. The van der Waals surface area contributed by atoms with Crippen LogP contribution in [-0.2, 0) is 9.59 Å². The second-order valence-corrected chi connectivity index (χ2v) is 26.5. The summed E-state index contributed by atoms with van der Waals surface area (Å²) in [7, 11) is 3.66. The number of rotatable bonds is 15. The van der Waals surface area contributed by atoms with E-state index in [2.05, 4.69) is 26.3 Å². The number of benzene rings is 4. The number of anilines is 2. The van der Waals surface area contributed by atoms with Gasteiger partial charge in [-0.3, -0.25) is 29.4 Å². The Morgan fingerprint density at radius 1 is 0.674 bits per heavy atom. The van der Waals surface area contributed by atoms with E-state index in [1.54, 1.807) is 54.6 Å². The average Bonchev–Trinajstić information content (AvgIpc) is 1.74. The number of carbonyl (C=O) groups is 2. The zero-order valence-electron chi connectivity index (χ0n) is 51.0. The van der Waals surface area contributed by atoms with Crippen LogP contribution in [-0.4, -0.2) is 170 Å². The third kappa shape index (κ3) is 10.3. The lowest BCUT2D eigenvalue weighted by Gasteiger charge is -2.35. The van der Waals surface area contributed by atoms with Crippen molar-refractivity contribution in [3.63, 3.8) is 0 Å². The molecule has 1 aliphatic carbocycles. The molecule has 7 aliphatic rings. The summed E-state index contributed by atoms with van der Waals surface area (Å²) in [6.45, 7) is 6.60. The Kier molecular flexibility index (Phi) is 15.3. The molecule has 2 amide bonds. The molecule has 7 fully saturated rings. The van der Waals surface area contributed by atoms with Crippen LogP contribution >= 0.6 is 11.6 Å². The molecule has 476 valence electrons. The number of halogens is 7. The quantitative estimate of drug-likeness (QED) is 0.0707. The Hall–Kier alpha value is -8.21. The van der Waals surface area contributed by atoms with Crippen molar-refractivity contribution in [3.05, 3.63) is 131 Å². The molecular weight excluding hydrogens is 1210 g/mol. The highest BCUT2D eigenvalue weighted by molar-refractivity contribution is 6.37. The van der Waals surface area contributed by atoms with Gasteiger partial charge >= 0.3 is 12.0 Å². The van der Waals surface area contributed by atoms with Crippen LogP contribution < -0.4 is 19.3 Å². The maximum absolute atomic E-state index is 18.0. The van der Waals surface area contributed by atoms with Gasteiger partial charge in [0.25, 0.3) is 0 Å². The van der Waals surface area contributed by atoms with Crippen LogP contribution in [0.1, 0.15) is 82.2 Å². The zero-order chi connectivity index (χ0) is 63.5. The summed E-state index contributed by atoms with van der Waals surface area (Å²) in [6.07, 6.45) is 11.1. The smallest absolute Gasteiger partial charge is 0.319 e. The van der Waals surface area contributed by atoms with Gasteiger partial charge in [-0.1, -0.05) is 66.2 Å². The number of hydrogen-bond donors (Lipinski definition) is 0. The van der Waals surface area contributed by atoms with E-state index in [-0.39, 0.29) is 113 Å². The molecule has 23 heteroatoms. The van der Waals surface area contributed by atoms with Crippen molar-refractivity contribution < 1.29 is 45.4 Å². The maximum atomic E-state index is 18.0. The van der Waals surface area contributed by atoms with E-state index in [9.17, 15) is 22.8 Å². The Bertz CT molecular complexity index is 4390. The summed E-state index contributed by atoms with van der Waals surface area (Å²) in [5.74, 6) is -3.34. The fraction of sp³-hybridized carbons (Fsp3) is 0.420. The zero-order valence-corrected chi connectivity index (χ0v) is 51.7. The van der Waals surface area contributed by atoms with Gasteiger partial charge in [0.2, 0.25) is 11.8 Å². The average molecular weight is 1280 g/mol. The standard InChI is InChI=1S/C69H67ClF6N12O4/c1-4-55(89)85-23-18-42(34-85)83(2)64-49-30-77-60(46-13-6-11-39-26-52(73)53(74)27-48(39)46)58(75)62(49)79-67(82-64)92-37-69-21-17-54(88(69)33-41(72)29-69)44-15-16-51(70)57-45(44)12-7-14-47(57)61-59(76)63-50(31-78-61)65(84(3)43-19-24-86(35-43)56(90)25-38-9-5-10-38)81-66(80-63)91-36-68-20-8-22-87(68)32-40(71)28-68/h4,6-7,11-16,25-27,30-31,40-43,54H,1,5,8-10,17-24,28-29,32-37H2,2-3H3/t40-,41-,42?,43-,54?,68+,69?/m1/s1. The van der Waals surface area contributed by atoms with Gasteiger partial charge in [0.15, 0.2) is 23.3 Å². The minimum atomic E-state index is -1.25. The van der Waals surface area contributed by atoms with Gasteiger partial charge in [-0.05, 0) is 110 Å². The summed E-state index contributed by atoms with van der Waals surface area (Å²) < 4.78 is 109. The van der Waals surface area contributed by atoms with Crippen molar-refractivity contribution >= 4 is 78.4 Å². The van der Waals surface area contributed by atoms with Gasteiger partial charge in [-0.2, -0.15) is 19.9 Å². The summed E-state index contributed by atoms with van der Waals surface area (Å²) in [4.78, 5) is 66.2. The van der Waals surface area contributed by atoms with Crippen molar-refractivity contribution in [2.75, 3.05) is 82.9 Å². The summed E-state index contributed by atoms with van der Waals surface area (Å²) in [5.41, 5.74) is 0.797. The number of nitrogens with zero attached hydrogens (tertiary/aromatic N) is 12. The number of amides is 2. The fourth-order valence-electron chi connectivity index (χ4n) is 15.9. The van der Waals surface area contributed by atoms with Crippen LogP contribution in [0, 0.1) is 23.3 Å². The molecule has 0 spiro atoms. The van der Waals surface area contributed by atoms with Crippen molar-refractivity contribution in [1.29, 1.82) is 0 Å². The molecule has 0 radical (unpaired) electrons. The van der Waals surface area contributed by atoms with E-state index in [1.807, 2.05) is 39.9 Å². The third-order valence-corrected chi connectivity index (χ3v) is 21.2. The first-order valence-corrected chi connectivity index (χ1v) is 32.1. The molecule has 16 nitrogen and oxygen atoms in total. The first kappa shape index (κ1) is 60.1. The van der Waals surface area contributed by atoms with E-state index in [0.29, 0.717) is 103 Å². The Morgan fingerprint density at radius 3 is 1.95 bits per heavy atom. The molecule has 0 N–H and O–H groups in total. The summed E-state index contributed by atoms with van der Waals surface area (Å²) >= 11 is 7.22. The summed E-state index contributed by atoms with van der Waals surface area (Å²) in [6, 6.07) is 14.9. The number of pyridine rings is 2. The van der Waals surface area contributed by atoms with Crippen molar-refractivity contribution in [2.24, 2.45) is 0 Å². The molecule has 0 bridgehead atoms. The fourth-order valence-corrected chi connectivity index (χ4v) is 16.1. The van der Waals surface area contributed by atoms with Gasteiger partial charge < -0.3 is 29.1 Å². The number of aromatic nitrogens is 6. The highest BCUT2D eigenvalue weighted by Crippen LogP contribution is 2.52. The van der Waals surface area contributed by atoms with E-state index in [0.717, 1.165) is 61.9 Å². The lowest BCUT2D eigenvalue weighted by Crippen LogP contribution is -2.44. The molecule has 15 rings (SSSR count). The van der Waals surface area contributed by atoms with Crippen LogP contribution in [0.25, 0.3) is 65.9 Å². The molecular formula is C69H67ClF6N12O4. The Balaban J connectivity index is 0.758. The number of hydrogen-bond acceptors (Lipinski definition) is 14. The molecule has 8 aromatic rings. The first-order valence-electron chi connectivity index (χ1n) is 31.7. The van der Waals surface area contributed by atoms with Gasteiger partial charge in [0, 0.05) is 124 Å². The molecule has 6 saturated heterocycles. The number of ether oxygens (including phenoxy) is 2. The van der Waals surface area contributed by atoms with Crippen LogP contribution in [0.4, 0.5) is 38.0 Å². The number of alkyl halides is 2. The lowest BCUT2D eigenvalue weighted by molar-refractivity contribution is -0.125. The highest BCUT2D eigenvalue weighted by atomic mass is 35.5. The molecule has 6 aliphatic heterocycles. The number of allylic oxidation sites excluding steroid dienone is 1. The molecule has 4 aromatic carbocycles. The lowest BCUT2D eigenvalue weighted by atomic mass is 9.92. The molecule has 10 heterocycles. The molecule has 92 heavy (non-hydrogen) atoms. The van der Waals surface area contributed by atoms with Gasteiger partial charge in [0.05, 0.1) is 21.9 Å². The van der Waals surface area contributed by atoms with Crippen LogP contribution in [0.15, 0.2) is 97.4 Å². The topological polar surface area (TPSA) is 149 Å². The highest BCUT2D eigenvalue weighted by Gasteiger charge is 2.55. The largest absolute Gasteiger partial charge is 0.461 e. The second-order valence-electron chi connectivity index (χ2n) is 26.1. The first-order chi connectivity index (χ1) is 44.5. The second kappa shape index (κ2) is 23.4. The monoisotopic (exact) mass is 1280 g/mol. The summed E-state index contributed by atoms with van der Waals surface area (Å²) in [5, 5.41) is 2.71. The third-order valence-electron chi connectivity index (χ3n) is 20.9. The molecule has 1 saturated carbocycles. The van der Waals surface area contributed by atoms with Crippen LogP contribution in [0.3, 0.4) is 0 Å². The van der Waals surface area contributed by atoms with Gasteiger partial charge in [-0.25, -0.2) is 26.3 Å². The van der Waals surface area contributed by atoms with Crippen LogP contribution in [0.5, 0.6) is 12.0 Å². The number of likely N-dealkylation sites (tertiary alicyclic amines) is 2. The minimum Gasteiger partial charge on any atom is -0.461 e. The van der Waals surface area contributed by atoms with Gasteiger partial charge in [0.1, 0.15) is 59.6 Å². The number of likely N-dealkylation sites (N-methyl/N-ethyl adjacent to an activating group) is 2. The minimum absolute atomic E-state index is 0.0182. The van der Waals surface area contributed by atoms with Crippen molar-refractivity contribution in [1.82, 2.24) is 49.5 Å². The SMILES string of the molecule is C=CC(=O)N1CCC(N(C)c2nc(OCC34CCC(c5ccc(Cl)c6c(-c7ncc8c(N(C)[C@@H]9CCN(C(=O)C=C%10CCC%10)C9)nc(OC[C@@]9%10CCCN9C[C@H](F)C%10)nc8c7F)cccc56)N3C[C@H](F)C4)nc3c(F)c(-c4cccc5cc(F)c(F)cc45)ncc23)C1. The molecule has 7 atom stereocenters. The maximum Gasteiger partial charge on any atom is 0.319 e. The van der Waals surface area contributed by atoms with Crippen molar-refractivity contribution in [2.45, 2.75) is 112 Å².